The number of hydrogen-bond donors (Lipinski definition) is 1. The molecule has 33 heavy (non-hydrogen) atoms. The van der Waals surface area contributed by atoms with E-state index in [1.807, 2.05) is 24.3 Å². The van der Waals surface area contributed by atoms with Crippen LogP contribution in [0.4, 0.5) is 0 Å². The lowest BCUT2D eigenvalue weighted by atomic mass is 9.98. The van der Waals surface area contributed by atoms with E-state index < -0.39 is 6.04 Å². The van der Waals surface area contributed by atoms with E-state index in [4.69, 9.17) is 13.9 Å². The number of rotatable bonds is 7. The van der Waals surface area contributed by atoms with Gasteiger partial charge in [-0.25, -0.2) is 0 Å². The monoisotopic (exact) mass is 447 g/mol. The number of morpholine rings is 1. The minimum atomic E-state index is -0.527. The number of carbonyl (C=O) groups excluding carboxylic acids is 1. The molecule has 2 aliphatic heterocycles. The fraction of sp³-hybridized carbons (Fsp3) is 0.308. The van der Waals surface area contributed by atoms with E-state index in [1.54, 1.807) is 35.2 Å². The number of nitrogens with one attached hydrogen (secondary N) is 1. The van der Waals surface area contributed by atoms with Crippen LogP contribution in [-0.4, -0.2) is 56.8 Å². The van der Waals surface area contributed by atoms with E-state index in [0.29, 0.717) is 35.4 Å². The van der Waals surface area contributed by atoms with Gasteiger partial charge < -0.3 is 23.7 Å². The molecule has 1 amide bonds. The van der Waals surface area contributed by atoms with Crippen molar-refractivity contribution in [2.24, 2.45) is 0 Å². The predicted molar refractivity (Wildman–Crippen MR) is 124 cm³/mol. The number of nitrogens with zero attached hydrogens (tertiary/aromatic N) is 1. The van der Waals surface area contributed by atoms with E-state index in [0.717, 1.165) is 38.4 Å². The molecule has 1 aromatic heterocycles. The highest BCUT2D eigenvalue weighted by Gasteiger charge is 2.43. The van der Waals surface area contributed by atoms with Crippen LogP contribution in [0.1, 0.15) is 27.7 Å². The number of benzene rings is 2. The Bertz CT molecular complexity index is 1240. The summed E-state index contributed by atoms with van der Waals surface area (Å²) in [5.41, 5.74) is 1.49. The molecule has 0 radical (unpaired) electrons. The number of ether oxygens (including phenoxy) is 2. The van der Waals surface area contributed by atoms with Gasteiger partial charge in [0.2, 0.25) is 5.76 Å². The molecule has 0 unspecified atom stereocenters. The molecule has 5 rings (SSSR count). The third-order valence-corrected chi connectivity index (χ3v) is 6.32. The normalized spacial score (nSPS) is 18.5. The average Bonchev–Trinajstić information content (AvgIpc) is 3.14. The van der Waals surface area contributed by atoms with Crippen molar-refractivity contribution in [1.82, 2.24) is 4.90 Å². The van der Waals surface area contributed by atoms with Gasteiger partial charge in [-0.1, -0.05) is 36.9 Å². The van der Waals surface area contributed by atoms with Gasteiger partial charge in [0.25, 0.3) is 5.91 Å². The summed E-state index contributed by atoms with van der Waals surface area (Å²) in [4.78, 5) is 30.2. The first-order chi connectivity index (χ1) is 16.2. The maximum Gasteiger partial charge on any atom is 0.291 e. The topological polar surface area (TPSA) is 73.4 Å². The third-order valence-electron chi connectivity index (χ3n) is 6.32. The number of amides is 1. The zero-order chi connectivity index (χ0) is 22.8. The molecule has 0 saturated carbocycles. The molecule has 3 aromatic rings. The molecule has 0 bridgehead atoms. The number of para-hydroxylation sites is 1. The summed E-state index contributed by atoms with van der Waals surface area (Å²) < 4.78 is 17.2. The van der Waals surface area contributed by atoms with Gasteiger partial charge in [0.15, 0.2) is 5.43 Å². The summed E-state index contributed by atoms with van der Waals surface area (Å²) in [5.74, 6) is 0.554. The summed E-state index contributed by atoms with van der Waals surface area (Å²) in [5, 5.41) is 0.480. The molecule has 7 nitrogen and oxygen atoms in total. The first kappa shape index (κ1) is 21.4. The molecule has 1 N–H and O–H groups in total. The quantitative estimate of drug-likeness (QED) is 0.560. The first-order valence-electron chi connectivity index (χ1n) is 11.3. The number of hydrogen-bond acceptors (Lipinski definition) is 5. The van der Waals surface area contributed by atoms with E-state index in [1.165, 1.54) is 4.90 Å². The summed E-state index contributed by atoms with van der Waals surface area (Å²) in [6.45, 7) is 8.62. The Labute approximate surface area is 191 Å². The molecule has 1 saturated heterocycles. The average molecular weight is 448 g/mol. The molecule has 2 aromatic carbocycles. The van der Waals surface area contributed by atoms with Gasteiger partial charge in [0, 0.05) is 0 Å². The number of carbonyl (C=O) groups is 1. The van der Waals surface area contributed by atoms with Crippen LogP contribution in [0.3, 0.4) is 0 Å². The Hall–Kier alpha value is -3.42. The Kier molecular flexibility index (Phi) is 5.98. The highest BCUT2D eigenvalue weighted by molar-refractivity contribution is 5.99. The zero-order valence-corrected chi connectivity index (χ0v) is 18.4. The standard InChI is InChI=1S/C26H26N2O5/c1-2-14-32-19-7-5-6-18(17-19)23-22-24(29)20-8-3-4-9-21(20)33-25(22)26(30)28(23)11-10-27-12-15-31-16-13-27/h2-9,17,23H,1,10-16H2/p+1/t23-/m1/s1. The van der Waals surface area contributed by atoms with Crippen LogP contribution in [-0.2, 0) is 4.74 Å². The van der Waals surface area contributed by atoms with Gasteiger partial charge in [-0.3, -0.25) is 9.59 Å². The second kappa shape index (κ2) is 9.21. The van der Waals surface area contributed by atoms with E-state index >= 15 is 0 Å². The van der Waals surface area contributed by atoms with E-state index in [-0.39, 0.29) is 17.1 Å². The number of fused-ring (bicyclic) bond motifs is 2. The summed E-state index contributed by atoms with van der Waals surface area (Å²) in [7, 11) is 0. The third kappa shape index (κ3) is 4.05. The molecule has 3 heterocycles. The Balaban J connectivity index is 1.58. The Morgan fingerprint density at radius 2 is 1.94 bits per heavy atom. The minimum absolute atomic E-state index is 0.137. The Morgan fingerprint density at radius 1 is 1.12 bits per heavy atom. The molecule has 0 aliphatic carbocycles. The molecular formula is C26H27N2O5+. The SMILES string of the molecule is C=CCOc1cccc([C@@H]2c3c(oc4ccccc4c3=O)C(=O)N2CC[NH+]2CCOCC2)c1. The molecule has 0 spiro atoms. The van der Waals surface area contributed by atoms with Crippen molar-refractivity contribution in [3.05, 3.63) is 88.3 Å². The maximum absolute atomic E-state index is 13.6. The lowest BCUT2D eigenvalue weighted by molar-refractivity contribution is -0.907. The van der Waals surface area contributed by atoms with Gasteiger partial charge in [-0.05, 0) is 29.8 Å². The van der Waals surface area contributed by atoms with Crippen molar-refractivity contribution in [2.45, 2.75) is 6.04 Å². The lowest BCUT2D eigenvalue weighted by Crippen LogP contribution is -3.14. The van der Waals surface area contributed by atoms with Crippen molar-refractivity contribution >= 4 is 16.9 Å². The van der Waals surface area contributed by atoms with E-state index in [9.17, 15) is 9.59 Å². The van der Waals surface area contributed by atoms with Gasteiger partial charge in [-0.2, -0.15) is 0 Å². The van der Waals surface area contributed by atoms with Crippen molar-refractivity contribution in [2.75, 3.05) is 46.0 Å². The van der Waals surface area contributed by atoms with Crippen LogP contribution in [0.15, 0.2) is 70.4 Å². The van der Waals surface area contributed by atoms with Gasteiger partial charge in [0.1, 0.15) is 31.0 Å². The number of quaternary nitrogens is 1. The molecule has 1 fully saturated rings. The maximum atomic E-state index is 13.6. The van der Waals surface area contributed by atoms with Crippen molar-refractivity contribution in [1.29, 1.82) is 0 Å². The smallest absolute Gasteiger partial charge is 0.291 e. The van der Waals surface area contributed by atoms with E-state index in [2.05, 4.69) is 6.58 Å². The highest BCUT2D eigenvalue weighted by atomic mass is 16.5. The molecule has 1 atom stereocenters. The minimum Gasteiger partial charge on any atom is -0.490 e. The first-order valence-corrected chi connectivity index (χ1v) is 11.3. The fourth-order valence-corrected chi connectivity index (χ4v) is 4.66. The molecule has 170 valence electrons. The zero-order valence-electron chi connectivity index (χ0n) is 18.4. The molecule has 7 heteroatoms. The van der Waals surface area contributed by atoms with Gasteiger partial charge in [0.05, 0.1) is 43.3 Å². The molecular weight excluding hydrogens is 420 g/mol. The lowest BCUT2D eigenvalue weighted by Gasteiger charge is -2.29. The fourth-order valence-electron chi connectivity index (χ4n) is 4.66. The highest BCUT2D eigenvalue weighted by Crippen LogP contribution is 2.38. The van der Waals surface area contributed by atoms with Crippen molar-refractivity contribution in [3.8, 4) is 5.75 Å². The van der Waals surface area contributed by atoms with Crippen molar-refractivity contribution in [3.63, 3.8) is 0 Å². The second-order valence-corrected chi connectivity index (χ2v) is 8.36. The Morgan fingerprint density at radius 3 is 2.76 bits per heavy atom. The van der Waals surface area contributed by atoms with Crippen LogP contribution < -0.4 is 15.1 Å². The van der Waals surface area contributed by atoms with Crippen LogP contribution in [0.5, 0.6) is 5.75 Å². The van der Waals surface area contributed by atoms with Crippen LogP contribution in [0.2, 0.25) is 0 Å². The largest absolute Gasteiger partial charge is 0.490 e. The van der Waals surface area contributed by atoms with Gasteiger partial charge >= 0.3 is 0 Å². The summed E-state index contributed by atoms with van der Waals surface area (Å²) in [6.07, 6.45) is 1.68. The van der Waals surface area contributed by atoms with Gasteiger partial charge in [-0.15, -0.1) is 0 Å². The van der Waals surface area contributed by atoms with Crippen molar-refractivity contribution < 1.29 is 23.6 Å². The summed E-state index contributed by atoms with van der Waals surface area (Å²) in [6, 6.07) is 14.1. The predicted octanol–water partition coefficient (Wildman–Crippen LogP) is 1.82. The van der Waals surface area contributed by atoms with Crippen LogP contribution >= 0.6 is 0 Å². The molecule has 2 aliphatic rings. The van der Waals surface area contributed by atoms with Crippen LogP contribution in [0.25, 0.3) is 11.0 Å². The second-order valence-electron chi connectivity index (χ2n) is 8.36. The van der Waals surface area contributed by atoms with Crippen LogP contribution in [0, 0.1) is 0 Å². The summed E-state index contributed by atoms with van der Waals surface area (Å²) >= 11 is 0.